The fourth-order valence-corrected chi connectivity index (χ4v) is 4.07. The van der Waals surface area contributed by atoms with Crippen molar-refractivity contribution in [1.82, 2.24) is 14.9 Å². The Labute approximate surface area is 148 Å². The number of carbonyl (C=O) groups excluding carboxylic acids is 2. The molecular formula is C20H27N3O2. The van der Waals surface area contributed by atoms with Gasteiger partial charge in [-0.15, -0.1) is 0 Å². The molecule has 3 atom stereocenters. The first-order valence-corrected chi connectivity index (χ1v) is 9.28. The van der Waals surface area contributed by atoms with Crippen LogP contribution < -0.4 is 5.32 Å². The number of rotatable bonds is 6. The van der Waals surface area contributed by atoms with Gasteiger partial charge in [0.15, 0.2) is 6.29 Å². The van der Waals surface area contributed by atoms with E-state index in [2.05, 4.69) is 24.3 Å². The van der Waals surface area contributed by atoms with Crippen LogP contribution in [-0.2, 0) is 0 Å². The maximum absolute atomic E-state index is 12.6. The van der Waals surface area contributed by atoms with Gasteiger partial charge in [-0.25, -0.2) is 4.52 Å². The molecule has 5 heteroatoms. The maximum atomic E-state index is 12.6. The first kappa shape index (κ1) is 17.6. The van der Waals surface area contributed by atoms with Crippen molar-refractivity contribution in [1.29, 1.82) is 0 Å². The molecule has 2 aromatic heterocycles. The standard InChI is InChI=1S/C20H27N3O2/c1-14-5-3-6-16(9-14)10-15(2)12-21-20(25)18-7-4-8-23-19(18)11-17(13-24)22-23/h4,7-8,11,13-16H,3,5-6,9-10,12H2,1-2H3,(H,21,25). The van der Waals surface area contributed by atoms with E-state index in [4.69, 9.17) is 0 Å². The molecule has 1 fully saturated rings. The number of carbonyl (C=O) groups is 2. The zero-order valence-electron chi connectivity index (χ0n) is 15.1. The lowest BCUT2D eigenvalue weighted by molar-refractivity contribution is 0.0945. The van der Waals surface area contributed by atoms with Crippen LogP contribution in [0.1, 0.15) is 66.8 Å². The molecule has 134 valence electrons. The molecule has 25 heavy (non-hydrogen) atoms. The molecule has 1 aliphatic rings. The minimum absolute atomic E-state index is 0.105. The van der Waals surface area contributed by atoms with Crippen molar-refractivity contribution in [2.75, 3.05) is 6.54 Å². The van der Waals surface area contributed by atoms with Gasteiger partial charge in [0.2, 0.25) is 0 Å². The number of fused-ring (bicyclic) bond motifs is 1. The molecule has 5 nitrogen and oxygen atoms in total. The molecule has 0 spiro atoms. The minimum atomic E-state index is -0.105. The van der Waals surface area contributed by atoms with Gasteiger partial charge in [0.25, 0.3) is 5.91 Å². The lowest BCUT2D eigenvalue weighted by Gasteiger charge is -2.28. The molecule has 3 rings (SSSR count). The van der Waals surface area contributed by atoms with Crippen LogP contribution in [0.5, 0.6) is 0 Å². The minimum Gasteiger partial charge on any atom is -0.352 e. The number of amides is 1. The lowest BCUT2D eigenvalue weighted by atomic mass is 9.78. The molecule has 1 aliphatic carbocycles. The highest BCUT2D eigenvalue weighted by Gasteiger charge is 2.21. The van der Waals surface area contributed by atoms with E-state index in [1.54, 1.807) is 28.9 Å². The van der Waals surface area contributed by atoms with Crippen molar-refractivity contribution in [2.45, 2.75) is 46.0 Å². The summed E-state index contributed by atoms with van der Waals surface area (Å²) < 4.78 is 1.57. The van der Waals surface area contributed by atoms with Crippen LogP contribution in [0.2, 0.25) is 0 Å². The van der Waals surface area contributed by atoms with E-state index in [0.29, 0.717) is 35.5 Å². The van der Waals surface area contributed by atoms with Crippen LogP contribution in [0.15, 0.2) is 24.4 Å². The van der Waals surface area contributed by atoms with Gasteiger partial charge in [0, 0.05) is 12.7 Å². The SMILES string of the molecule is CC1CCCC(CC(C)CNC(=O)c2cccn3nc(C=O)cc23)C1. The Hall–Kier alpha value is -2.17. The zero-order chi connectivity index (χ0) is 17.8. The number of aldehydes is 1. The fourth-order valence-electron chi connectivity index (χ4n) is 4.07. The van der Waals surface area contributed by atoms with Gasteiger partial charge < -0.3 is 5.32 Å². The topological polar surface area (TPSA) is 63.5 Å². The van der Waals surface area contributed by atoms with E-state index in [1.807, 2.05) is 0 Å². The van der Waals surface area contributed by atoms with Gasteiger partial charge in [-0.1, -0.05) is 33.1 Å². The average Bonchev–Trinajstić information content (AvgIpc) is 3.03. The van der Waals surface area contributed by atoms with Crippen molar-refractivity contribution < 1.29 is 9.59 Å². The van der Waals surface area contributed by atoms with Crippen molar-refractivity contribution in [3.63, 3.8) is 0 Å². The van der Waals surface area contributed by atoms with Crippen LogP contribution in [0, 0.1) is 17.8 Å². The predicted octanol–water partition coefficient (Wildman–Crippen LogP) is 3.73. The summed E-state index contributed by atoms with van der Waals surface area (Å²) in [5, 5.41) is 7.17. The van der Waals surface area contributed by atoms with E-state index >= 15 is 0 Å². The fraction of sp³-hybridized carbons (Fsp3) is 0.550. The Balaban J connectivity index is 1.59. The van der Waals surface area contributed by atoms with Crippen LogP contribution in [0.4, 0.5) is 0 Å². The molecule has 1 saturated carbocycles. The molecule has 0 saturated heterocycles. The molecule has 2 heterocycles. The molecule has 1 N–H and O–H groups in total. The van der Waals surface area contributed by atoms with E-state index in [1.165, 1.54) is 32.1 Å². The zero-order valence-corrected chi connectivity index (χ0v) is 15.1. The first-order chi connectivity index (χ1) is 12.1. The van der Waals surface area contributed by atoms with Gasteiger partial charge in [0.05, 0.1) is 11.1 Å². The van der Waals surface area contributed by atoms with E-state index in [0.717, 1.165) is 11.8 Å². The molecule has 0 aromatic carbocycles. The van der Waals surface area contributed by atoms with Crippen molar-refractivity contribution in [2.24, 2.45) is 17.8 Å². The van der Waals surface area contributed by atoms with Gasteiger partial charge in [0.1, 0.15) is 5.69 Å². The first-order valence-electron chi connectivity index (χ1n) is 9.28. The molecule has 2 aromatic rings. The van der Waals surface area contributed by atoms with Gasteiger partial charge in [-0.2, -0.15) is 5.10 Å². The Morgan fingerprint density at radius 1 is 1.48 bits per heavy atom. The Morgan fingerprint density at radius 2 is 2.32 bits per heavy atom. The third-order valence-electron chi connectivity index (χ3n) is 5.28. The number of nitrogens with zero attached hydrogens (tertiary/aromatic N) is 2. The highest BCUT2D eigenvalue weighted by atomic mass is 16.1. The number of nitrogens with one attached hydrogen (secondary N) is 1. The van der Waals surface area contributed by atoms with Gasteiger partial charge in [-0.3, -0.25) is 9.59 Å². The van der Waals surface area contributed by atoms with Crippen LogP contribution in [0.25, 0.3) is 5.52 Å². The Morgan fingerprint density at radius 3 is 3.08 bits per heavy atom. The van der Waals surface area contributed by atoms with Crippen LogP contribution in [-0.4, -0.2) is 28.4 Å². The average molecular weight is 341 g/mol. The number of hydrogen-bond acceptors (Lipinski definition) is 3. The summed E-state index contributed by atoms with van der Waals surface area (Å²) in [6, 6.07) is 5.19. The molecular weight excluding hydrogens is 314 g/mol. The second kappa shape index (κ2) is 7.81. The summed E-state index contributed by atoms with van der Waals surface area (Å²) in [6.07, 6.45) is 8.96. The summed E-state index contributed by atoms with van der Waals surface area (Å²) in [4.78, 5) is 23.5. The summed E-state index contributed by atoms with van der Waals surface area (Å²) in [5.41, 5.74) is 1.55. The number of aromatic nitrogens is 2. The molecule has 0 bridgehead atoms. The highest BCUT2D eigenvalue weighted by Crippen LogP contribution is 2.32. The Bertz CT molecular complexity index is 752. The van der Waals surface area contributed by atoms with Crippen molar-refractivity contribution in [3.8, 4) is 0 Å². The van der Waals surface area contributed by atoms with E-state index in [9.17, 15) is 9.59 Å². The summed E-state index contributed by atoms with van der Waals surface area (Å²) in [6.45, 7) is 5.24. The summed E-state index contributed by atoms with van der Waals surface area (Å²) in [7, 11) is 0. The van der Waals surface area contributed by atoms with Crippen LogP contribution >= 0.6 is 0 Å². The second-order valence-electron chi connectivity index (χ2n) is 7.63. The van der Waals surface area contributed by atoms with E-state index in [-0.39, 0.29) is 5.91 Å². The maximum Gasteiger partial charge on any atom is 0.253 e. The van der Waals surface area contributed by atoms with E-state index < -0.39 is 0 Å². The molecule has 1 amide bonds. The normalized spacial score (nSPS) is 21.8. The quantitative estimate of drug-likeness (QED) is 0.814. The number of pyridine rings is 1. The molecule has 3 unspecified atom stereocenters. The third-order valence-corrected chi connectivity index (χ3v) is 5.28. The largest absolute Gasteiger partial charge is 0.352 e. The summed E-state index contributed by atoms with van der Waals surface area (Å²) >= 11 is 0. The number of hydrogen-bond donors (Lipinski definition) is 1. The van der Waals surface area contributed by atoms with Crippen LogP contribution in [0.3, 0.4) is 0 Å². The summed E-state index contributed by atoms with van der Waals surface area (Å²) in [5.74, 6) is 2.00. The van der Waals surface area contributed by atoms with Gasteiger partial charge >= 0.3 is 0 Å². The Kier molecular flexibility index (Phi) is 5.51. The smallest absolute Gasteiger partial charge is 0.253 e. The van der Waals surface area contributed by atoms with Crippen molar-refractivity contribution >= 4 is 17.7 Å². The predicted molar refractivity (Wildman–Crippen MR) is 97.8 cm³/mol. The monoisotopic (exact) mass is 341 g/mol. The lowest BCUT2D eigenvalue weighted by Crippen LogP contribution is -2.30. The highest BCUT2D eigenvalue weighted by molar-refractivity contribution is 6.01. The van der Waals surface area contributed by atoms with Crippen molar-refractivity contribution in [3.05, 3.63) is 35.7 Å². The van der Waals surface area contributed by atoms with Gasteiger partial charge in [-0.05, 0) is 48.8 Å². The third kappa shape index (κ3) is 4.27. The molecule has 0 radical (unpaired) electrons. The second-order valence-corrected chi connectivity index (χ2v) is 7.63. The molecule has 0 aliphatic heterocycles.